The van der Waals surface area contributed by atoms with E-state index in [4.69, 9.17) is 6.42 Å². The molecule has 0 N–H and O–H groups in total. The van der Waals surface area contributed by atoms with Crippen LogP contribution in [0.5, 0.6) is 0 Å². The fraction of sp³-hybridized carbons (Fsp3) is 0.148. The molecule has 0 radical (unpaired) electrons. The highest BCUT2D eigenvalue weighted by Crippen LogP contribution is 2.68. The number of nitrogens with zero attached hydrogens (tertiary/aromatic N) is 4. The van der Waals surface area contributed by atoms with Crippen molar-refractivity contribution in [3.05, 3.63) is 422 Å². The predicted octanol–water partition coefficient (Wildman–Crippen LogP) is 29.4. The standard InChI is InChI=1S/C115H96N4SSi/c1-12-13-49-111-74(2)116(104-46-29-37-86-78(35-27-38-93(86)104)34-26-30-75-53-59-87-90-62-56-83(70-98(90)113(3,4)95(87)65-75)117-101-39-17-14-31-79(101)68-80-32-15-18-40-102(80)117)108-44-22-25-50-112(108)121(111,11)73-82-36-28-45-105-94(82)69-81-33-16-19-41-103(81)118(105)84-57-63-91-88-60-54-76(66-96(88)114(5,6)99(91)71-84)51-52-77-55-61-89-92-64-58-85(72-100(92)115(7,8)97(89)67-77)119-106-42-20-23-47-109(106)120(9,10)110-48-24-21-43-107(110)119/h1,13-29,31-67,70-72H,30,68-69,73H2,2-11H3. The van der Waals surface area contributed by atoms with Crippen LogP contribution < -0.4 is 24.8 Å². The van der Waals surface area contributed by atoms with Crippen LogP contribution in [-0.4, -0.2) is 20.6 Å². The third kappa shape index (κ3) is 11.4. The van der Waals surface area contributed by atoms with Crippen LogP contribution in [0.1, 0.15) is 132 Å². The van der Waals surface area contributed by atoms with E-state index in [1.54, 1.807) is 0 Å². The van der Waals surface area contributed by atoms with E-state index in [0.717, 1.165) is 31.0 Å². The van der Waals surface area contributed by atoms with E-state index < -0.39 is 18.1 Å². The summed E-state index contributed by atoms with van der Waals surface area (Å²) in [5.41, 5.74) is 42.0. The molecule has 6 heteroatoms. The Hall–Kier alpha value is -13.2. The molecule has 0 bridgehead atoms. The van der Waals surface area contributed by atoms with Crippen LogP contribution in [0.4, 0.5) is 62.6 Å². The van der Waals surface area contributed by atoms with Gasteiger partial charge in [0.05, 0.1) is 17.1 Å². The van der Waals surface area contributed by atoms with Gasteiger partial charge in [0.15, 0.2) is 0 Å². The Morgan fingerprint density at radius 2 is 0.802 bits per heavy atom. The van der Waals surface area contributed by atoms with E-state index >= 15 is 0 Å². The Balaban J connectivity index is 0.533. The summed E-state index contributed by atoms with van der Waals surface area (Å²) in [6.07, 6.45) is 27.3. The summed E-state index contributed by atoms with van der Waals surface area (Å²) in [7, 11) is -3.87. The van der Waals surface area contributed by atoms with Gasteiger partial charge in [0.2, 0.25) is 0 Å². The van der Waals surface area contributed by atoms with Crippen molar-refractivity contribution >= 4 is 115 Å². The number of terminal acetylenes is 1. The minimum Gasteiger partial charge on any atom is -0.314 e. The largest absolute Gasteiger partial charge is 0.314 e. The summed E-state index contributed by atoms with van der Waals surface area (Å²) in [6, 6.07) is 119. The minimum atomic E-state index is -2.68. The number of para-hydroxylation sites is 6. The molecule has 15 aromatic carbocycles. The zero-order valence-corrected chi connectivity index (χ0v) is 72.3. The van der Waals surface area contributed by atoms with Crippen LogP contribution in [0.15, 0.2) is 348 Å². The zero-order chi connectivity index (χ0) is 82.2. The van der Waals surface area contributed by atoms with Gasteiger partial charge in [-0.2, -0.15) is 10.0 Å². The predicted molar refractivity (Wildman–Crippen MR) is 517 cm³/mol. The smallest absolute Gasteiger partial charge is 0.124 e. The minimum absolute atomic E-state index is 0.179. The highest BCUT2D eigenvalue weighted by molar-refractivity contribution is 8.33. The molecular weight excluding hydrogens is 1500 g/mol. The van der Waals surface area contributed by atoms with Crippen LogP contribution in [-0.2, 0) is 41.6 Å². The van der Waals surface area contributed by atoms with E-state index in [2.05, 4.69) is 433 Å². The van der Waals surface area contributed by atoms with E-state index in [1.165, 1.54) is 210 Å². The van der Waals surface area contributed by atoms with Crippen molar-refractivity contribution in [2.45, 2.75) is 106 Å². The Kier molecular flexibility index (Phi) is 17.0. The third-order valence-electron chi connectivity index (χ3n) is 28.4. The van der Waals surface area contributed by atoms with Crippen molar-refractivity contribution in [1.82, 2.24) is 0 Å². The van der Waals surface area contributed by atoms with Crippen molar-refractivity contribution < 1.29 is 0 Å². The average molecular weight is 1590 g/mol. The molecule has 0 saturated heterocycles. The Morgan fingerprint density at radius 1 is 0.380 bits per heavy atom. The lowest BCUT2D eigenvalue weighted by molar-refractivity contribution is 0.659. The Morgan fingerprint density at radius 3 is 1.36 bits per heavy atom. The third-order valence-corrected chi connectivity index (χ3v) is 35.7. The number of hydrogen-bond donors (Lipinski definition) is 0. The SMILES string of the molecule is C#CC=CC1=C(C)N(c2cccc3c(C=CCc4ccc5c(c4)C(C)(C)c4cc(N6c7ccccc7Cc7ccccc76)ccc4-5)cccc23)c2ccccc2[Si]1(C)Cc1cccc2c1Cc1ccccc1N2c1ccc2c(c1)C(C)(C)c1cc(C=Cc3ccc4c(c3)C(C)(C)c3cc(N5c6ccccc6S(C)(C)c6ccccc65)ccc3-4)ccc1-2. The van der Waals surface area contributed by atoms with Crippen LogP contribution >= 0.6 is 10.0 Å². The summed E-state index contributed by atoms with van der Waals surface area (Å²) in [6.45, 7) is 19.4. The maximum absolute atomic E-state index is 6.26. The molecule has 1 atom stereocenters. The van der Waals surface area contributed by atoms with Crippen molar-refractivity contribution in [1.29, 1.82) is 0 Å². The van der Waals surface area contributed by atoms with Crippen molar-refractivity contribution in [2.24, 2.45) is 0 Å². The fourth-order valence-electron chi connectivity index (χ4n) is 22.2. The number of anilines is 11. The lowest BCUT2D eigenvalue weighted by Gasteiger charge is -2.45. The second-order valence-electron chi connectivity index (χ2n) is 36.5. The Bertz CT molecular complexity index is 7030. The van der Waals surface area contributed by atoms with Gasteiger partial charge in [0.1, 0.15) is 8.07 Å². The van der Waals surface area contributed by atoms with Crippen molar-refractivity contribution in [2.75, 3.05) is 32.1 Å². The molecule has 121 heavy (non-hydrogen) atoms. The van der Waals surface area contributed by atoms with Crippen molar-refractivity contribution in [3.63, 3.8) is 0 Å². The molecule has 3 aliphatic carbocycles. The van der Waals surface area contributed by atoms with Gasteiger partial charge >= 0.3 is 0 Å². The van der Waals surface area contributed by atoms with Gasteiger partial charge < -0.3 is 19.6 Å². The number of rotatable bonds is 12. The molecule has 22 rings (SSSR count). The lowest BCUT2D eigenvalue weighted by Crippen LogP contribution is -2.55. The van der Waals surface area contributed by atoms with Crippen LogP contribution in [0, 0.1) is 12.3 Å². The summed E-state index contributed by atoms with van der Waals surface area (Å²) in [5, 5.41) is 5.17. The summed E-state index contributed by atoms with van der Waals surface area (Å²) < 4.78 is 0. The van der Waals surface area contributed by atoms with Gasteiger partial charge in [0.25, 0.3) is 0 Å². The maximum Gasteiger partial charge on any atom is 0.124 e. The number of benzene rings is 15. The van der Waals surface area contributed by atoms with Crippen molar-refractivity contribution in [3.8, 4) is 45.7 Å². The molecule has 15 aromatic rings. The molecule has 4 nitrogen and oxygen atoms in total. The second-order valence-corrected chi connectivity index (χ2v) is 44.1. The zero-order valence-electron chi connectivity index (χ0n) is 70.5. The molecular formula is C115H96N4SSi. The fourth-order valence-corrected chi connectivity index (χ4v) is 29.0. The van der Waals surface area contributed by atoms with E-state index in [1.807, 2.05) is 6.08 Å². The summed E-state index contributed by atoms with van der Waals surface area (Å²) in [5.74, 6) is 2.95. The first-order valence-corrected chi connectivity index (χ1v) is 48.1. The summed E-state index contributed by atoms with van der Waals surface area (Å²) in [4.78, 5) is 12.9. The normalized spacial score (nSPS) is 17.4. The molecule has 1 unspecified atom stereocenters. The number of fused-ring (bicyclic) bond motifs is 17. The second kappa shape index (κ2) is 27.7. The molecule has 0 amide bonds. The van der Waals surface area contributed by atoms with E-state index in [0.29, 0.717) is 0 Å². The first-order chi connectivity index (χ1) is 58.8. The monoisotopic (exact) mass is 1590 g/mol. The van der Waals surface area contributed by atoms with Gasteiger partial charge in [-0.1, -0.05) is 297 Å². The quantitative estimate of drug-likeness (QED) is 0.0687. The van der Waals surface area contributed by atoms with Gasteiger partial charge in [-0.05, 0) is 268 Å². The number of allylic oxidation sites excluding steroid dienone is 5. The first kappa shape index (κ1) is 74.2. The average Bonchev–Trinajstić information content (AvgIpc) is 1.70. The molecule has 586 valence electrons. The van der Waals surface area contributed by atoms with E-state index in [9.17, 15) is 0 Å². The molecule has 4 heterocycles. The van der Waals surface area contributed by atoms with Crippen LogP contribution in [0.25, 0.3) is 62.4 Å². The molecule has 4 aliphatic heterocycles. The van der Waals surface area contributed by atoms with Crippen LogP contribution in [0.3, 0.4) is 0 Å². The van der Waals surface area contributed by atoms with Gasteiger partial charge in [-0.3, -0.25) is 0 Å². The molecule has 0 saturated carbocycles. The highest BCUT2D eigenvalue weighted by atomic mass is 32.3. The van der Waals surface area contributed by atoms with E-state index in [-0.39, 0.29) is 16.2 Å². The molecule has 7 aliphatic rings. The Labute approximate surface area is 715 Å². The molecule has 0 aromatic heterocycles. The lowest BCUT2D eigenvalue weighted by atomic mass is 9.81. The maximum atomic E-state index is 6.26. The topological polar surface area (TPSA) is 13.0 Å². The summed E-state index contributed by atoms with van der Waals surface area (Å²) >= 11 is 0. The first-order valence-electron chi connectivity index (χ1n) is 42.9. The van der Waals surface area contributed by atoms with Gasteiger partial charge in [-0.15, -0.1) is 6.42 Å². The highest BCUT2D eigenvalue weighted by Gasteiger charge is 2.46. The van der Waals surface area contributed by atoms with Crippen LogP contribution in [0.2, 0.25) is 6.55 Å². The van der Waals surface area contributed by atoms with Gasteiger partial charge in [-0.25, -0.2) is 0 Å². The number of hydrogen-bond acceptors (Lipinski definition) is 4. The van der Waals surface area contributed by atoms with Gasteiger partial charge in [0, 0.05) is 95.5 Å². The molecule has 0 spiro atoms. The molecule has 0 fully saturated rings.